The second kappa shape index (κ2) is 8.26. The second-order valence-corrected chi connectivity index (χ2v) is 6.54. The first-order valence-electron chi connectivity index (χ1n) is 7.98. The van der Waals surface area contributed by atoms with Gasteiger partial charge in [0.15, 0.2) is 0 Å². The van der Waals surface area contributed by atoms with E-state index in [-0.39, 0.29) is 18.8 Å². The minimum absolute atomic E-state index is 0.0127. The van der Waals surface area contributed by atoms with Crippen molar-refractivity contribution in [3.63, 3.8) is 0 Å². The molecule has 0 saturated heterocycles. The summed E-state index contributed by atoms with van der Waals surface area (Å²) in [6, 6.07) is 9.67. The number of rotatable bonds is 6. The number of hydrogen-bond acceptors (Lipinski definition) is 5. The lowest BCUT2D eigenvalue weighted by atomic mass is 10.0. The van der Waals surface area contributed by atoms with Gasteiger partial charge in [-0.1, -0.05) is 12.1 Å². The van der Waals surface area contributed by atoms with Crippen molar-refractivity contribution in [3.8, 4) is 5.75 Å². The van der Waals surface area contributed by atoms with Crippen molar-refractivity contribution >= 4 is 34.6 Å². The molecule has 1 atom stereocenters. The number of nitrogens with one attached hydrogen (secondary N) is 2. The fraction of sp³-hybridized carbons (Fsp3) is 0.222. The zero-order chi connectivity index (χ0) is 18.5. The van der Waals surface area contributed by atoms with Crippen molar-refractivity contribution < 1.29 is 23.5 Å². The van der Waals surface area contributed by atoms with Crippen molar-refractivity contribution in [2.45, 2.75) is 13.0 Å². The number of para-hydroxylation sites is 1. The van der Waals surface area contributed by atoms with E-state index >= 15 is 0 Å². The van der Waals surface area contributed by atoms with E-state index in [4.69, 9.17) is 13.9 Å². The number of amides is 2. The van der Waals surface area contributed by atoms with Crippen LogP contribution in [0.25, 0.3) is 0 Å². The van der Waals surface area contributed by atoms with Crippen LogP contribution in [-0.2, 0) is 9.53 Å². The molecule has 2 amide bonds. The van der Waals surface area contributed by atoms with E-state index in [0.29, 0.717) is 17.2 Å². The summed E-state index contributed by atoms with van der Waals surface area (Å²) in [6.45, 7) is 1.95. The van der Waals surface area contributed by atoms with Crippen molar-refractivity contribution in [1.29, 1.82) is 0 Å². The van der Waals surface area contributed by atoms with Crippen LogP contribution in [0.4, 0.5) is 4.79 Å². The maximum absolute atomic E-state index is 12.5. The topological polar surface area (TPSA) is 89.8 Å². The highest BCUT2D eigenvalue weighted by molar-refractivity contribution is 14.1. The molecule has 2 N–H and O–H groups in total. The van der Waals surface area contributed by atoms with Crippen LogP contribution >= 0.6 is 22.6 Å². The predicted molar refractivity (Wildman–Crippen MR) is 101 cm³/mol. The molecule has 0 radical (unpaired) electrons. The van der Waals surface area contributed by atoms with E-state index in [1.807, 2.05) is 24.3 Å². The number of hydrogen-bond donors (Lipinski definition) is 2. The summed E-state index contributed by atoms with van der Waals surface area (Å²) in [4.78, 5) is 24.6. The number of ether oxygens (including phenoxy) is 2. The first-order valence-corrected chi connectivity index (χ1v) is 9.06. The first kappa shape index (κ1) is 18.3. The van der Waals surface area contributed by atoms with Gasteiger partial charge in [-0.05, 0) is 53.8 Å². The van der Waals surface area contributed by atoms with E-state index in [2.05, 4.69) is 33.2 Å². The van der Waals surface area contributed by atoms with Gasteiger partial charge in [0.1, 0.15) is 24.2 Å². The van der Waals surface area contributed by atoms with Gasteiger partial charge in [-0.3, -0.25) is 0 Å². The van der Waals surface area contributed by atoms with E-state index in [1.165, 1.54) is 6.26 Å². The Morgan fingerprint density at radius 1 is 1.27 bits per heavy atom. The maximum Gasteiger partial charge on any atom is 0.338 e. The quantitative estimate of drug-likeness (QED) is 0.503. The third-order valence-corrected chi connectivity index (χ3v) is 4.58. The lowest BCUT2D eigenvalue weighted by Crippen LogP contribution is -2.47. The first-order chi connectivity index (χ1) is 12.6. The van der Waals surface area contributed by atoms with Gasteiger partial charge in [-0.25, -0.2) is 9.59 Å². The summed E-state index contributed by atoms with van der Waals surface area (Å²) in [5.41, 5.74) is 0.598. The Kier molecular flexibility index (Phi) is 5.82. The SMILES string of the molecule is CCOC(=O)C1=C(COc2ccccc2I)NC(=O)NC1c1ccco1. The number of carbonyl (C=O) groups excluding carboxylic acids is 2. The van der Waals surface area contributed by atoms with Crippen molar-refractivity contribution in [2.24, 2.45) is 0 Å². The van der Waals surface area contributed by atoms with Crippen LogP contribution in [0, 0.1) is 3.57 Å². The van der Waals surface area contributed by atoms with E-state index in [9.17, 15) is 9.59 Å². The molecule has 1 aromatic heterocycles. The van der Waals surface area contributed by atoms with Gasteiger partial charge in [0.2, 0.25) is 0 Å². The standard InChI is InChI=1S/C18H17IN2O5/c1-2-24-17(22)15-12(10-26-13-7-4-3-6-11(13)19)20-18(23)21-16(15)14-8-5-9-25-14/h3-9,16H,2,10H2,1H3,(H2,20,21,23). The van der Waals surface area contributed by atoms with Gasteiger partial charge < -0.3 is 24.5 Å². The molecular weight excluding hydrogens is 451 g/mol. The zero-order valence-corrected chi connectivity index (χ0v) is 16.1. The Bertz CT molecular complexity index is 832. The molecule has 1 aliphatic rings. The van der Waals surface area contributed by atoms with Gasteiger partial charge in [0, 0.05) is 0 Å². The molecule has 1 aromatic carbocycles. The normalized spacial score (nSPS) is 16.7. The zero-order valence-electron chi connectivity index (χ0n) is 14.0. The Morgan fingerprint density at radius 2 is 2.08 bits per heavy atom. The van der Waals surface area contributed by atoms with Crippen molar-refractivity contribution in [1.82, 2.24) is 10.6 Å². The minimum atomic E-state index is -0.744. The number of furan rings is 1. The van der Waals surface area contributed by atoms with Crippen molar-refractivity contribution in [3.05, 3.63) is 63.3 Å². The van der Waals surface area contributed by atoms with E-state index in [1.54, 1.807) is 19.1 Å². The fourth-order valence-corrected chi connectivity index (χ4v) is 3.11. The molecule has 0 fully saturated rings. The lowest BCUT2D eigenvalue weighted by molar-refractivity contribution is -0.139. The summed E-state index contributed by atoms with van der Waals surface area (Å²) in [6.07, 6.45) is 1.48. The summed E-state index contributed by atoms with van der Waals surface area (Å²) >= 11 is 2.16. The van der Waals surface area contributed by atoms with E-state index in [0.717, 1.165) is 3.57 Å². The largest absolute Gasteiger partial charge is 0.486 e. The number of carbonyl (C=O) groups is 2. The summed E-state index contributed by atoms with van der Waals surface area (Å²) in [7, 11) is 0. The third-order valence-electron chi connectivity index (χ3n) is 3.69. The predicted octanol–water partition coefficient (Wildman–Crippen LogP) is 3.13. The highest BCUT2D eigenvalue weighted by Gasteiger charge is 2.35. The minimum Gasteiger partial charge on any atom is -0.486 e. The van der Waals surface area contributed by atoms with Crippen LogP contribution in [-0.4, -0.2) is 25.2 Å². The average molecular weight is 468 g/mol. The molecule has 2 aromatic rings. The van der Waals surface area contributed by atoms with Gasteiger partial charge >= 0.3 is 12.0 Å². The monoisotopic (exact) mass is 468 g/mol. The lowest BCUT2D eigenvalue weighted by Gasteiger charge is -2.27. The number of halogens is 1. The van der Waals surface area contributed by atoms with Crippen LogP contribution in [0.2, 0.25) is 0 Å². The summed E-state index contributed by atoms with van der Waals surface area (Å²) < 4.78 is 17.3. The number of urea groups is 1. The molecule has 136 valence electrons. The van der Waals surface area contributed by atoms with Crippen LogP contribution in [0.1, 0.15) is 18.7 Å². The Hall–Kier alpha value is -2.49. The molecule has 0 aliphatic carbocycles. The van der Waals surface area contributed by atoms with Crippen LogP contribution in [0.5, 0.6) is 5.75 Å². The Morgan fingerprint density at radius 3 is 2.77 bits per heavy atom. The average Bonchev–Trinajstić information content (AvgIpc) is 3.15. The summed E-state index contributed by atoms with van der Waals surface area (Å²) in [5, 5.41) is 5.34. The Labute approximate surface area is 163 Å². The molecule has 2 heterocycles. The molecule has 7 nitrogen and oxygen atoms in total. The highest BCUT2D eigenvalue weighted by Crippen LogP contribution is 2.29. The summed E-state index contributed by atoms with van der Waals surface area (Å²) in [5.74, 6) is 0.559. The van der Waals surface area contributed by atoms with Gasteiger partial charge in [-0.15, -0.1) is 0 Å². The molecular formula is C18H17IN2O5. The molecule has 8 heteroatoms. The maximum atomic E-state index is 12.5. The third kappa shape index (κ3) is 4.01. The molecule has 3 rings (SSSR count). The van der Waals surface area contributed by atoms with Crippen LogP contribution in [0.3, 0.4) is 0 Å². The van der Waals surface area contributed by atoms with Crippen LogP contribution in [0.15, 0.2) is 58.3 Å². The van der Waals surface area contributed by atoms with E-state index < -0.39 is 18.0 Å². The molecule has 0 spiro atoms. The molecule has 26 heavy (non-hydrogen) atoms. The fourth-order valence-electron chi connectivity index (χ4n) is 2.56. The molecule has 1 unspecified atom stereocenters. The highest BCUT2D eigenvalue weighted by atomic mass is 127. The van der Waals surface area contributed by atoms with Gasteiger partial charge in [0.25, 0.3) is 0 Å². The van der Waals surface area contributed by atoms with Gasteiger partial charge in [0.05, 0.1) is 27.7 Å². The number of benzene rings is 1. The molecule has 1 aliphatic heterocycles. The molecule has 0 bridgehead atoms. The Balaban J connectivity index is 1.94. The second-order valence-electron chi connectivity index (χ2n) is 5.38. The van der Waals surface area contributed by atoms with Crippen molar-refractivity contribution in [2.75, 3.05) is 13.2 Å². The molecule has 0 saturated carbocycles. The van der Waals surface area contributed by atoms with Gasteiger partial charge in [-0.2, -0.15) is 0 Å². The number of esters is 1. The smallest absolute Gasteiger partial charge is 0.338 e. The van der Waals surface area contributed by atoms with Crippen LogP contribution < -0.4 is 15.4 Å².